The van der Waals surface area contributed by atoms with Crippen LogP contribution in [0.5, 0.6) is 0 Å². The molecule has 2 N–H and O–H groups in total. The van der Waals surface area contributed by atoms with Crippen LogP contribution in [0.2, 0.25) is 0 Å². The third-order valence-electron chi connectivity index (χ3n) is 3.47. The molecular formula is C13H29N3O. The van der Waals surface area contributed by atoms with Crippen LogP contribution in [-0.2, 0) is 4.74 Å². The predicted octanol–water partition coefficient (Wildman–Crippen LogP) is 0.770. The van der Waals surface area contributed by atoms with Crippen molar-refractivity contribution in [1.29, 1.82) is 0 Å². The fourth-order valence-corrected chi connectivity index (χ4v) is 2.35. The number of unbranched alkanes of at least 4 members (excludes halogenated alkanes) is 2. The third-order valence-corrected chi connectivity index (χ3v) is 3.47. The first-order valence-electron chi connectivity index (χ1n) is 7.00. The third kappa shape index (κ3) is 6.99. The van der Waals surface area contributed by atoms with E-state index in [4.69, 9.17) is 10.5 Å². The maximum Gasteiger partial charge on any atom is 0.0589 e. The first-order chi connectivity index (χ1) is 8.36. The lowest BCUT2D eigenvalue weighted by atomic mass is 10.2. The molecule has 102 valence electrons. The second-order valence-corrected chi connectivity index (χ2v) is 4.88. The van der Waals surface area contributed by atoms with Gasteiger partial charge < -0.3 is 15.4 Å². The van der Waals surface area contributed by atoms with Gasteiger partial charge in [-0.15, -0.1) is 0 Å². The van der Waals surface area contributed by atoms with Gasteiger partial charge in [0.2, 0.25) is 0 Å². The van der Waals surface area contributed by atoms with Crippen molar-refractivity contribution in [2.24, 2.45) is 5.73 Å². The smallest absolute Gasteiger partial charge is 0.0589 e. The summed E-state index contributed by atoms with van der Waals surface area (Å²) in [5.74, 6) is 0. The van der Waals surface area contributed by atoms with E-state index in [-0.39, 0.29) is 0 Å². The molecule has 0 aromatic heterocycles. The van der Waals surface area contributed by atoms with Gasteiger partial charge in [-0.3, -0.25) is 4.90 Å². The number of methoxy groups -OCH3 is 1. The average Bonchev–Trinajstić information content (AvgIpc) is 2.57. The molecule has 1 aliphatic rings. The molecule has 0 unspecified atom stereocenters. The largest absolute Gasteiger partial charge is 0.383 e. The molecule has 17 heavy (non-hydrogen) atoms. The van der Waals surface area contributed by atoms with E-state index in [0.29, 0.717) is 0 Å². The van der Waals surface area contributed by atoms with Crippen LogP contribution >= 0.6 is 0 Å². The standard InChI is InChI=1S/C13H29N3O/c1-17-13-12-16-9-5-8-15(10-11-16)7-4-2-3-6-14/h2-14H2,1H3. The highest BCUT2D eigenvalue weighted by atomic mass is 16.5. The number of nitrogens with zero attached hydrogens (tertiary/aromatic N) is 2. The van der Waals surface area contributed by atoms with Gasteiger partial charge >= 0.3 is 0 Å². The number of hydrogen-bond acceptors (Lipinski definition) is 4. The Balaban J connectivity index is 2.09. The highest BCUT2D eigenvalue weighted by Gasteiger charge is 2.13. The Morgan fingerprint density at radius 2 is 1.65 bits per heavy atom. The Labute approximate surface area is 106 Å². The van der Waals surface area contributed by atoms with Crippen molar-refractivity contribution in [3.8, 4) is 0 Å². The van der Waals surface area contributed by atoms with Crippen LogP contribution in [0.3, 0.4) is 0 Å². The van der Waals surface area contributed by atoms with Gasteiger partial charge in [-0.2, -0.15) is 0 Å². The maximum atomic E-state index is 5.51. The minimum absolute atomic E-state index is 0.838. The summed E-state index contributed by atoms with van der Waals surface area (Å²) in [6.45, 7) is 8.91. The fourth-order valence-electron chi connectivity index (χ4n) is 2.35. The van der Waals surface area contributed by atoms with E-state index in [0.717, 1.165) is 19.7 Å². The van der Waals surface area contributed by atoms with Gasteiger partial charge in [-0.25, -0.2) is 0 Å². The Kier molecular flexibility index (Phi) is 8.61. The molecule has 0 saturated carbocycles. The molecule has 1 aliphatic heterocycles. The molecule has 1 fully saturated rings. The minimum atomic E-state index is 0.838. The first-order valence-corrected chi connectivity index (χ1v) is 7.00. The lowest BCUT2D eigenvalue weighted by molar-refractivity contribution is 0.149. The molecule has 1 saturated heterocycles. The van der Waals surface area contributed by atoms with Crippen molar-refractivity contribution in [2.45, 2.75) is 25.7 Å². The quantitative estimate of drug-likeness (QED) is 0.639. The summed E-state index contributed by atoms with van der Waals surface area (Å²) in [6.07, 6.45) is 5.05. The summed E-state index contributed by atoms with van der Waals surface area (Å²) in [5, 5.41) is 0. The molecular weight excluding hydrogens is 214 g/mol. The zero-order valence-electron chi connectivity index (χ0n) is 11.4. The van der Waals surface area contributed by atoms with Crippen molar-refractivity contribution in [3.05, 3.63) is 0 Å². The summed E-state index contributed by atoms with van der Waals surface area (Å²) in [5.41, 5.74) is 5.51. The molecule has 0 atom stereocenters. The molecule has 4 heteroatoms. The van der Waals surface area contributed by atoms with Gasteiger partial charge in [0.05, 0.1) is 6.61 Å². The fraction of sp³-hybridized carbons (Fsp3) is 1.00. The van der Waals surface area contributed by atoms with Crippen LogP contribution in [-0.4, -0.2) is 69.3 Å². The Morgan fingerprint density at radius 3 is 2.29 bits per heavy atom. The Hall–Kier alpha value is -0.160. The van der Waals surface area contributed by atoms with Crippen molar-refractivity contribution in [3.63, 3.8) is 0 Å². The second-order valence-electron chi connectivity index (χ2n) is 4.88. The van der Waals surface area contributed by atoms with Crippen LogP contribution < -0.4 is 5.73 Å². The van der Waals surface area contributed by atoms with Crippen molar-refractivity contribution in [1.82, 2.24) is 9.80 Å². The molecule has 0 aromatic rings. The number of rotatable bonds is 8. The van der Waals surface area contributed by atoms with Gasteiger partial charge in [0.25, 0.3) is 0 Å². The van der Waals surface area contributed by atoms with Crippen LogP contribution in [0.4, 0.5) is 0 Å². The van der Waals surface area contributed by atoms with E-state index in [2.05, 4.69) is 9.80 Å². The maximum absolute atomic E-state index is 5.51. The minimum Gasteiger partial charge on any atom is -0.383 e. The highest BCUT2D eigenvalue weighted by Crippen LogP contribution is 2.05. The van der Waals surface area contributed by atoms with Gasteiger partial charge in [0.1, 0.15) is 0 Å². The summed E-state index contributed by atoms with van der Waals surface area (Å²) >= 11 is 0. The molecule has 0 spiro atoms. The first kappa shape index (κ1) is 14.9. The molecule has 4 nitrogen and oxygen atoms in total. The zero-order chi connectivity index (χ0) is 12.3. The number of hydrogen-bond donors (Lipinski definition) is 1. The molecule has 0 amide bonds. The van der Waals surface area contributed by atoms with Crippen LogP contribution in [0.1, 0.15) is 25.7 Å². The molecule has 1 rings (SSSR count). The van der Waals surface area contributed by atoms with E-state index in [1.54, 1.807) is 7.11 Å². The van der Waals surface area contributed by atoms with E-state index in [1.165, 1.54) is 58.4 Å². The number of ether oxygens (including phenoxy) is 1. The van der Waals surface area contributed by atoms with Crippen molar-refractivity contribution < 1.29 is 4.74 Å². The molecule has 0 aliphatic carbocycles. The van der Waals surface area contributed by atoms with Crippen molar-refractivity contribution >= 4 is 0 Å². The lowest BCUT2D eigenvalue weighted by Gasteiger charge is -2.21. The number of nitrogens with two attached hydrogens (primary N) is 1. The summed E-state index contributed by atoms with van der Waals surface area (Å²) in [4.78, 5) is 5.12. The normalized spacial score (nSPS) is 19.4. The zero-order valence-corrected chi connectivity index (χ0v) is 11.4. The van der Waals surface area contributed by atoms with Gasteiger partial charge in [-0.05, 0) is 45.4 Å². The second kappa shape index (κ2) is 9.83. The molecule has 1 heterocycles. The molecule has 0 aromatic carbocycles. The van der Waals surface area contributed by atoms with Crippen LogP contribution in [0.15, 0.2) is 0 Å². The lowest BCUT2D eigenvalue weighted by Crippen LogP contribution is -2.33. The van der Waals surface area contributed by atoms with E-state index < -0.39 is 0 Å². The van der Waals surface area contributed by atoms with E-state index in [9.17, 15) is 0 Å². The van der Waals surface area contributed by atoms with E-state index in [1.807, 2.05) is 0 Å². The van der Waals surface area contributed by atoms with Gasteiger partial charge in [0.15, 0.2) is 0 Å². The van der Waals surface area contributed by atoms with E-state index >= 15 is 0 Å². The summed E-state index contributed by atoms with van der Waals surface area (Å²) in [6, 6.07) is 0. The molecule has 0 bridgehead atoms. The van der Waals surface area contributed by atoms with Gasteiger partial charge in [0, 0.05) is 26.7 Å². The highest BCUT2D eigenvalue weighted by molar-refractivity contribution is 4.69. The Morgan fingerprint density at radius 1 is 0.941 bits per heavy atom. The van der Waals surface area contributed by atoms with Crippen LogP contribution in [0, 0.1) is 0 Å². The van der Waals surface area contributed by atoms with Gasteiger partial charge in [-0.1, -0.05) is 6.42 Å². The van der Waals surface area contributed by atoms with Crippen LogP contribution in [0.25, 0.3) is 0 Å². The SMILES string of the molecule is COCCN1CCCN(CCCCCN)CC1. The Bertz CT molecular complexity index is 178. The average molecular weight is 243 g/mol. The predicted molar refractivity (Wildman–Crippen MR) is 72.3 cm³/mol. The summed E-state index contributed by atoms with van der Waals surface area (Å²) < 4.78 is 5.14. The molecule has 0 radical (unpaired) electrons. The van der Waals surface area contributed by atoms with Crippen molar-refractivity contribution in [2.75, 3.05) is 59.5 Å². The topological polar surface area (TPSA) is 41.7 Å². The monoisotopic (exact) mass is 243 g/mol. The summed E-state index contributed by atoms with van der Waals surface area (Å²) in [7, 11) is 1.78.